The van der Waals surface area contributed by atoms with Crippen LogP contribution < -0.4 is 29.6 Å². The maximum Gasteiger partial charge on any atom is 1.00 e. The van der Waals surface area contributed by atoms with Crippen LogP contribution in [-0.2, 0) is 42.8 Å². The normalized spacial score (nSPS) is 15.6. The van der Waals surface area contributed by atoms with E-state index in [0.29, 0.717) is 25.0 Å². The molecule has 0 aromatic rings. The van der Waals surface area contributed by atoms with Crippen molar-refractivity contribution in [1.82, 2.24) is 0 Å². The largest absolute Gasteiger partial charge is 1.00 e. The van der Waals surface area contributed by atoms with Gasteiger partial charge < -0.3 is 18.9 Å². The van der Waals surface area contributed by atoms with Crippen LogP contribution in [0, 0.1) is 23.7 Å². The third-order valence-electron chi connectivity index (χ3n) is 9.02. The number of carbonyl (C=O) groups excluding carboxylic acids is 2. The molecule has 0 aliphatic rings. The fourth-order valence-corrected chi connectivity index (χ4v) is 6.56. The monoisotopic (exact) mass is 766 g/mol. The maximum atomic E-state index is 12.1. The Hall–Kier alpha value is -0.0400. The number of carbonyl (C=O) groups is 2. The summed E-state index contributed by atoms with van der Waals surface area (Å²) in [5.74, 6) is -1.06. The Morgan fingerprint density at radius 2 is 0.940 bits per heavy atom. The minimum Gasteiger partial charge on any atom is -0.747 e. The van der Waals surface area contributed by atoms with Gasteiger partial charge in [0.25, 0.3) is 0 Å². The van der Waals surface area contributed by atoms with Crippen molar-refractivity contribution in [3.05, 3.63) is 0 Å². The van der Waals surface area contributed by atoms with Gasteiger partial charge in [-0.2, -0.15) is 0 Å². The minimum atomic E-state index is -5.01. The predicted octanol–water partition coefficient (Wildman–Crippen LogP) is 6.37. The van der Waals surface area contributed by atoms with E-state index in [0.717, 1.165) is 103 Å². The molecule has 0 fully saturated rings. The van der Waals surface area contributed by atoms with Crippen LogP contribution >= 0.6 is 7.82 Å². The molecule has 11 nitrogen and oxygen atoms in total. The molecule has 0 radical (unpaired) electrons. The van der Waals surface area contributed by atoms with Gasteiger partial charge in [-0.05, 0) is 49.4 Å². The Balaban J connectivity index is -0.000000901. The first-order valence-electron chi connectivity index (χ1n) is 19.1. The molecule has 14 heteroatoms. The number of unbranched alkanes of at least 4 members (excludes halogenated alkanes) is 4. The van der Waals surface area contributed by atoms with Gasteiger partial charge in [-0.25, -0.2) is 13.0 Å². The number of rotatable bonds is 30. The Morgan fingerprint density at radius 3 is 1.24 bits per heavy atom. The number of esters is 2. The van der Waals surface area contributed by atoms with Crippen LogP contribution in [0.1, 0.15) is 165 Å². The molecule has 5 atom stereocenters. The second kappa shape index (κ2) is 33.5. The molecule has 0 amide bonds. The zero-order valence-corrected chi connectivity index (χ0v) is 36.8. The molecule has 50 heavy (non-hydrogen) atoms. The van der Waals surface area contributed by atoms with Crippen LogP contribution in [0.2, 0.25) is 0 Å². The average molecular weight is 767 g/mol. The number of ether oxygens (including phenoxy) is 2. The molecule has 0 aliphatic carbocycles. The molecular weight excluding hydrogens is 694 g/mol. The van der Waals surface area contributed by atoms with Crippen LogP contribution in [0.5, 0.6) is 0 Å². The third-order valence-corrected chi connectivity index (χ3v) is 11.0. The van der Waals surface area contributed by atoms with Crippen molar-refractivity contribution in [2.45, 2.75) is 170 Å². The van der Waals surface area contributed by atoms with E-state index in [2.05, 4.69) is 41.5 Å². The van der Waals surface area contributed by atoms with Crippen molar-refractivity contribution in [1.29, 1.82) is 0 Å². The van der Waals surface area contributed by atoms with Crippen LogP contribution in [-0.4, -0.2) is 61.5 Å². The fourth-order valence-electron chi connectivity index (χ4n) is 5.05. The van der Waals surface area contributed by atoms with E-state index in [-0.39, 0.29) is 54.6 Å². The van der Waals surface area contributed by atoms with Crippen molar-refractivity contribution in [2.24, 2.45) is 23.7 Å². The molecule has 0 aromatic heterocycles. The van der Waals surface area contributed by atoms with Crippen LogP contribution in [0.15, 0.2) is 0 Å². The first-order chi connectivity index (χ1) is 23.2. The van der Waals surface area contributed by atoms with Gasteiger partial charge in [0.2, 0.25) is 0 Å². The first-order valence-corrected chi connectivity index (χ1v) is 22.0. The summed E-state index contributed by atoms with van der Waals surface area (Å²) in [6, 6.07) is 0. The molecule has 1 N–H and O–H groups in total. The molecule has 0 bridgehead atoms. The summed E-state index contributed by atoms with van der Waals surface area (Å²) in [6.07, 6.45) is 15.1. The van der Waals surface area contributed by atoms with Gasteiger partial charge in [0.15, 0.2) is 5.25 Å². The van der Waals surface area contributed by atoms with E-state index in [1.165, 1.54) is 0 Å². The summed E-state index contributed by atoms with van der Waals surface area (Å²) in [5, 5.41) is -2.06. The topological polar surface area (TPSA) is 166 Å². The maximum absolute atomic E-state index is 12.1. The number of phosphoric acid groups is 1. The number of hydrogen-bond acceptors (Lipinski definition) is 10. The third kappa shape index (κ3) is 29.4. The molecule has 0 saturated carbocycles. The second-order valence-electron chi connectivity index (χ2n) is 13.2. The molecular formula is C36H72NaO11PS. The smallest absolute Gasteiger partial charge is 0.747 e. The van der Waals surface area contributed by atoms with Gasteiger partial charge in [-0.3, -0.25) is 18.6 Å². The molecule has 0 aromatic carbocycles. The van der Waals surface area contributed by atoms with Gasteiger partial charge in [0.05, 0.1) is 32.8 Å². The second-order valence-corrected chi connectivity index (χ2v) is 16.2. The van der Waals surface area contributed by atoms with Crippen LogP contribution in [0.3, 0.4) is 0 Å². The van der Waals surface area contributed by atoms with Crippen molar-refractivity contribution >= 4 is 29.9 Å². The van der Waals surface area contributed by atoms with Gasteiger partial charge in [-0.15, -0.1) is 0 Å². The molecule has 0 rings (SSSR count). The average Bonchev–Trinajstić information content (AvgIpc) is 3.07. The molecule has 0 spiro atoms. The van der Waals surface area contributed by atoms with Crippen molar-refractivity contribution < 1.29 is 80.1 Å². The summed E-state index contributed by atoms with van der Waals surface area (Å²) in [4.78, 5) is 33.9. The quantitative estimate of drug-likeness (QED) is 0.0374. The number of phosphoric ester groups is 1. The molecule has 0 heterocycles. The van der Waals surface area contributed by atoms with E-state index < -0.39 is 41.6 Å². The SMILES string of the molecule is CCCCC(CC)COC(=O)CC(C(=O)OCC(CC)CCCC)S(=O)(=O)[O-].CCCCC(CC)COP(=O)(O)OCC(CC)CCCC.[Na+]. The summed E-state index contributed by atoms with van der Waals surface area (Å²) in [6.45, 7) is 17.4. The van der Waals surface area contributed by atoms with Crippen LogP contribution in [0.25, 0.3) is 0 Å². The molecule has 5 unspecified atom stereocenters. The first kappa shape index (κ1) is 54.3. The van der Waals surface area contributed by atoms with Crippen molar-refractivity contribution in [3.8, 4) is 0 Å². The molecule has 0 saturated heterocycles. The summed E-state index contributed by atoms with van der Waals surface area (Å²) in [7, 11) is -8.91. The Bertz CT molecular complexity index is 959. The van der Waals surface area contributed by atoms with E-state index in [4.69, 9.17) is 18.5 Å². The van der Waals surface area contributed by atoms with E-state index in [9.17, 15) is 32.0 Å². The Kier molecular flexibility index (Phi) is 36.4. The van der Waals surface area contributed by atoms with Crippen molar-refractivity contribution in [3.63, 3.8) is 0 Å². The summed E-state index contributed by atoms with van der Waals surface area (Å²) < 4.78 is 66.8. The van der Waals surface area contributed by atoms with E-state index in [1.54, 1.807) is 0 Å². The predicted molar refractivity (Wildman–Crippen MR) is 195 cm³/mol. The standard InChI is InChI=1S/C20H38O7S.C16H35O4P.Na/c1-5-9-11-16(7-3)14-26-19(21)13-18(28(23,24)25)20(22)27-15-17(8-4)12-10-6-2;1-5-9-11-15(7-3)13-19-21(17,18)20-14-16(8-4)12-10-6-2;/h16-18H,5-15H2,1-4H3,(H,23,24,25);15-16H,5-14H2,1-4H3,(H,17,18);/q;;+1/p-1. The zero-order valence-electron chi connectivity index (χ0n) is 33.1. The zero-order chi connectivity index (χ0) is 37.7. The van der Waals surface area contributed by atoms with Gasteiger partial charge in [0.1, 0.15) is 10.1 Å². The summed E-state index contributed by atoms with van der Waals surface area (Å²) in [5.41, 5.74) is 0. The minimum absolute atomic E-state index is 0. The fraction of sp³-hybridized carbons (Fsp3) is 0.944. The van der Waals surface area contributed by atoms with Gasteiger partial charge >= 0.3 is 49.3 Å². The van der Waals surface area contributed by atoms with Gasteiger partial charge in [0, 0.05) is 0 Å². The Labute approximate surface area is 328 Å². The van der Waals surface area contributed by atoms with Crippen LogP contribution in [0.4, 0.5) is 0 Å². The van der Waals surface area contributed by atoms with E-state index in [1.807, 2.05) is 13.8 Å². The van der Waals surface area contributed by atoms with E-state index >= 15 is 0 Å². The molecule has 0 aliphatic heterocycles. The van der Waals surface area contributed by atoms with Crippen molar-refractivity contribution in [2.75, 3.05) is 26.4 Å². The Morgan fingerprint density at radius 1 is 0.620 bits per heavy atom. The van der Waals surface area contributed by atoms with Gasteiger partial charge in [-0.1, -0.05) is 132 Å². The number of hydrogen-bond donors (Lipinski definition) is 1. The molecule has 294 valence electrons. The summed E-state index contributed by atoms with van der Waals surface area (Å²) >= 11 is 0.